The molecule has 1 saturated heterocycles. The fourth-order valence-corrected chi connectivity index (χ4v) is 5.10. The standard InChI is InChI=1S/C31H31N9O2/c1-19(38-31(42)27(37-18-41)21-6-3-2-4-7-21)28-35-16-25(39-28)20-9-11-22(12-10-20)29-33-14-23(15-34-29)26-17-36-30(40-26)24-8-5-13-32-24/h2-4,6-7,9-12,14-19,24,27,32H,5,8,13H2,1H3,(H,35,39)(H,36,40)(H,37,41)(H,38,42)/t19-,24-,27+/m0/s1. The number of nitrogens with one attached hydrogen (secondary N) is 5. The molecule has 5 N–H and O–H groups in total. The second kappa shape index (κ2) is 12.1. The molecular formula is C31H31N9O2. The Labute approximate surface area is 242 Å². The Bertz CT molecular complexity index is 1640. The lowest BCUT2D eigenvalue weighted by atomic mass is 10.1. The van der Waals surface area contributed by atoms with Crippen LogP contribution in [0.4, 0.5) is 0 Å². The quantitative estimate of drug-likeness (QED) is 0.161. The summed E-state index contributed by atoms with van der Waals surface area (Å²) < 4.78 is 0. The first-order valence-electron chi connectivity index (χ1n) is 13.9. The van der Waals surface area contributed by atoms with E-state index in [0.717, 1.165) is 53.3 Å². The van der Waals surface area contributed by atoms with Crippen molar-refractivity contribution in [3.63, 3.8) is 0 Å². The number of hydrogen-bond donors (Lipinski definition) is 5. The summed E-state index contributed by atoms with van der Waals surface area (Å²) in [5.74, 6) is 1.85. The van der Waals surface area contributed by atoms with Gasteiger partial charge in [0.25, 0.3) is 0 Å². The molecule has 2 amide bonds. The maximum absolute atomic E-state index is 12.9. The predicted octanol–water partition coefficient (Wildman–Crippen LogP) is 4.01. The second-order valence-electron chi connectivity index (χ2n) is 10.2. The highest BCUT2D eigenvalue weighted by Gasteiger charge is 2.23. The third-order valence-electron chi connectivity index (χ3n) is 7.40. The number of H-pyrrole nitrogens is 2. The molecule has 11 nitrogen and oxygen atoms in total. The van der Waals surface area contributed by atoms with E-state index in [9.17, 15) is 9.59 Å². The lowest BCUT2D eigenvalue weighted by molar-refractivity contribution is -0.126. The van der Waals surface area contributed by atoms with Crippen LogP contribution in [0.5, 0.6) is 0 Å². The van der Waals surface area contributed by atoms with Crippen molar-refractivity contribution in [1.82, 2.24) is 45.9 Å². The number of aromatic nitrogens is 6. The molecule has 0 bridgehead atoms. The average molecular weight is 562 g/mol. The number of amides is 2. The van der Waals surface area contributed by atoms with E-state index >= 15 is 0 Å². The number of rotatable bonds is 10. The first-order valence-corrected chi connectivity index (χ1v) is 13.9. The Morgan fingerprint density at radius 2 is 1.60 bits per heavy atom. The maximum atomic E-state index is 12.9. The zero-order chi connectivity index (χ0) is 28.9. The molecule has 212 valence electrons. The van der Waals surface area contributed by atoms with Crippen molar-refractivity contribution >= 4 is 12.3 Å². The lowest BCUT2D eigenvalue weighted by Gasteiger charge is -2.19. The van der Waals surface area contributed by atoms with Crippen molar-refractivity contribution in [3.8, 4) is 33.9 Å². The molecule has 0 radical (unpaired) electrons. The Balaban J connectivity index is 1.10. The number of nitrogens with zero attached hydrogens (tertiary/aromatic N) is 4. The van der Waals surface area contributed by atoms with Gasteiger partial charge in [-0.25, -0.2) is 19.9 Å². The Kier molecular flexibility index (Phi) is 7.82. The third-order valence-corrected chi connectivity index (χ3v) is 7.40. The Morgan fingerprint density at radius 1 is 0.881 bits per heavy atom. The van der Waals surface area contributed by atoms with Gasteiger partial charge in [0.1, 0.15) is 17.7 Å². The van der Waals surface area contributed by atoms with E-state index in [1.54, 1.807) is 30.7 Å². The van der Waals surface area contributed by atoms with Crippen LogP contribution in [0.2, 0.25) is 0 Å². The molecule has 0 unspecified atom stereocenters. The topological polar surface area (TPSA) is 153 Å². The summed E-state index contributed by atoms with van der Waals surface area (Å²) in [4.78, 5) is 48.9. The third kappa shape index (κ3) is 5.81. The van der Waals surface area contributed by atoms with Crippen LogP contribution in [-0.4, -0.2) is 48.8 Å². The largest absolute Gasteiger partial charge is 0.344 e. The van der Waals surface area contributed by atoms with Crippen LogP contribution in [0.25, 0.3) is 33.9 Å². The van der Waals surface area contributed by atoms with Crippen LogP contribution in [0, 0.1) is 0 Å². The highest BCUT2D eigenvalue weighted by atomic mass is 16.2. The molecule has 1 aliphatic rings. The van der Waals surface area contributed by atoms with Gasteiger partial charge in [0, 0.05) is 23.5 Å². The minimum Gasteiger partial charge on any atom is -0.344 e. The summed E-state index contributed by atoms with van der Waals surface area (Å²) in [6.45, 7) is 2.86. The molecule has 4 heterocycles. The molecule has 42 heavy (non-hydrogen) atoms. The van der Waals surface area contributed by atoms with Crippen LogP contribution in [0.1, 0.15) is 55.1 Å². The van der Waals surface area contributed by atoms with E-state index in [1.807, 2.05) is 55.6 Å². The molecule has 3 aromatic heterocycles. The number of carbonyl (C=O) groups excluding carboxylic acids is 2. The van der Waals surface area contributed by atoms with Crippen molar-refractivity contribution in [2.75, 3.05) is 6.54 Å². The highest BCUT2D eigenvalue weighted by molar-refractivity contribution is 5.85. The minimum atomic E-state index is -0.796. The molecule has 11 heteroatoms. The number of aromatic amines is 2. The van der Waals surface area contributed by atoms with Gasteiger partial charge in [-0.15, -0.1) is 0 Å². The number of imidazole rings is 2. The van der Waals surface area contributed by atoms with E-state index in [4.69, 9.17) is 0 Å². The zero-order valence-electron chi connectivity index (χ0n) is 23.0. The first-order chi connectivity index (χ1) is 20.6. The minimum absolute atomic E-state index is 0.281. The first kappa shape index (κ1) is 27.0. The van der Waals surface area contributed by atoms with Crippen molar-refractivity contribution in [3.05, 3.63) is 96.6 Å². The van der Waals surface area contributed by atoms with Gasteiger partial charge in [-0.05, 0) is 37.4 Å². The summed E-state index contributed by atoms with van der Waals surface area (Å²) in [5, 5.41) is 8.97. The highest BCUT2D eigenvalue weighted by Crippen LogP contribution is 2.26. The molecule has 0 aliphatic carbocycles. The van der Waals surface area contributed by atoms with E-state index in [1.165, 1.54) is 0 Å². The van der Waals surface area contributed by atoms with Gasteiger partial charge in [0.2, 0.25) is 12.3 Å². The summed E-state index contributed by atoms with van der Waals surface area (Å²) in [7, 11) is 0. The van der Waals surface area contributed by atoms with Crippen LogP contribution >= 0.6 is 0 Å². The van der Waals surface area contributed by atoms with E-state index < -0.39 is 12.1 Å². The van der Waals surface area contributed by atoms with Crippen LogP contribution in [0.15, 0.2) is 79.4 Å². The van der Waals surface area contributed by atoms with Crippen LogP contribution < -0.4 is 16.0 Å². The fourth-order valence-electron chi connectivity index (χ4n) is 5.10. The van der Waals surface area contributed by atoms with Gasteiger partial charge in [0.15, 0.2) is 5.82 Å². The average Bonchev–Trinajstić information content (AvgIpc) is 3.83. The molecular weight excluding hydrogens is 530 g/mol. The smallest absolute Gasteiger partial charge is 0.247 e. The molecule has 0 saturated carbocycles. The van der Waals surface area contributed by atoms with Gasteiger partial charge in [-0.3, -0.25) is 9.59 Å². The van der Waals surface area contributed by atoms with E-state index in [0.29, 0.717) is 23.6 Å². The van der Waals surface area contributed by atoms with E-state index in [-0.39, 0.29) is 11.9 Å². The van der Waals surface area contributed by atoms with Crippen LogP contribution in [0.3, 0.4) is 0 Å². The van der Waals surface area contributed by atoms with Crippen LogP contribution in [-0.2, 0) is 9.59 Å². The second-order valence-corrected chi connectivity index (χ2v) is 10.2. The molecule has 1 aliphatic heterocycles. The molecule has 2 aromatic carbocycles. The SMILES string of the molecule is C[C@H](NC(=O)[C@H](NC=O)c1ccccc1)c1ncc(-c2ccc(-c3ncc(-c4cnc([C@@H]5CCCN5)[nH]4)cn3)cc2)[nH]1. The summed E-state index contributed by atoms with van der Waals surface area (Å²) in [6, 6.07) is 16.0. The van der Waals surface area contributed by atoms with Gasteiger partial charge in [-0.2, -0.15) is 0 Å². The fraction of sp³-hybridized carbons (Fsp3) is 0.226. The van der Waals surface area contributed by atoms with Crippen molar-refractivity contribution in [1.29, 1.82) is 0 Å². The van der Waals surface area contributed by atoms with Gasteiger partial charge >= 0.3 is 0 Å². The molecule has 1 fully saturated rings. The Morgan fingerprint density at radius 3 is 2.31 bits per heavy atom. The predicted molar refractivity (Wildman–Crippen MR) is 158 cm³/mol. The normalized spacial score (nSPS) is 16.1. The Hall–Kier alpha value is -5.16. The van der Waals surface area contributed by atoms with Gasteiger partial charge in [0.05, 0.1) is 35.9 Å². The summed E-state index contributed by atoms with van der Waals surface area (Å²) in [5.41, 5.74) is 5.11. The molecule has 3 atom stereocenters. The zero-order valence-corrected chi connectivity index (χ0v) is 23.0. The number of benzene rings is 2. The van der Waals surface area contributed by atoms with E-state index in [2.05, 4.69) is 45.9 Å². The van der Waals surface area contributed by atoms with Crippen molar-refractivity contribution in [2.45, 2.75) is 37.9 Å². The summed E-state index contributed by atoms with van der Waals surface area (Å²) >= 11 is 0. The number of hydrogen-bond acceptors (Lipinski definition) is 7. The van der Waals surface area contributed by atoms with Crippen molar-refractivity contribution < 1.29 is 9.59 Å². The van der Waals surface area contributed by atoms with Crippen molar-refractivity contribution in [2.24, 2.45) is 0 Å². The molecule has 5 aromatic rings. The monoisotopic (exact) mass is 561 g/mol. The lowest BCUT2D eigenvalue weighted by Crippen LogP contribution is -2.38. The molecule has 0 spiro atoms. The van der Waals surface area contributed by atoms with Gasteiger partial charge < -0.3 is 25.9 Å². The maximum Gasteiger partial charge on any atom is 0.247 e. The van der Waals surface area contributed by atoms with Gasteiger partial charge in [-0.1, -0.05) is 54.6 Å². The summed E-state index contributed by atoms with van der Waals surface area (Å²) in [6.07, 6.45) is 9.95. The number of carbonyl (C=O) groups is 2. The molecule has 6 rings (SSSR count).